The van der Waals surface area contributed by atoms with Crippen LogP contribution < -0.4 is 5.32 Å². The molecule has 4 aromatic rings. The number of aliphatic hydroxyl groups excluding tert-OH is 1. The van der Waals surface area contributed by atoms with E-state index in [2.05, 4.69) is 5.32 Å². The van der Waals surface area contributed by atoms with Gasteiger partial charge >= 0.3 is 0 Å². The molecular weight excluding hydrogens is 491 g/mol. The first-order valence-corrected chi connectivity index (χ1v) is 13.3. The van der Waals surface area contributed by atoms with Crippen LogP contribution in [0, 0.1) is 5.82 Å². The van der Waals surface area contributed by atoms with Crippen LogP contribution in [0.25, 0.3) is 28.1 Å². The van der Waals surface area contributed by atoms with Crippen LogP contribution in [0.5, 0.6) is 0 Å². The van der Waals surface area contributed by atoms with Gasteiger partial charge in [-0.1, -0.05) is 60.7 Å². The molecule has 0 bridgehead atoms. The Balaban J connectivity index is 1.34. The Bertz CT molecular complexity index is 1510. The van der Waals surface area contributed by atoms with Gasteiger partial charge in [-0.2, -0.15) is 0 Å². The van der Waals surface area contributed by atoms with Crippen LogP contribution in [0.1, 0.15) is 61.4 Å². The maximum Gasteiger partial charge on any atom is 0.249 e. The van der Waals surface area contributed by atoms with Crippen LogP contribution in [0.4, 0.5) is 4.39 Å². The molecule has 6 heteroatoms. The summed E-state index contributed by atoms with van der Waals surface area (Å²) < 4.78 is 13.7. The summed E-state index contributed by atoms with van der Waals surface area (Å²) in [5, 5.41) is 14.1. The average Bonchev–Trinajstić information content (AvgIpc) is 3.80. The standard InChI is InChI=1S/C33H31FN2O3/c1-21(22-7-3-2-4-8-22)35-33(39)30(38)20-18-26(37)17-19-28-31(23-13-15-25(34)16-14-23)27-9-5-6-10-29(27)36-32(28)24-11-12-24/h2-10,13-17,19,21,24,30,38H,11-12,18,20H2,1H3,(H,35,39)/t21-,30+/m0/s1. The van der Waals surface area contributed by atoms with E-state index in [4.69, 9.17) is 4.98 Å². The maximum atomic E-state index is 13.7. The number of aromatic nitrogens is 1. The Morgan fingerprint density at radius 1 is 1.03 bits per heavy atom. The van der Waals surface area contributed by atoms with E-state index in [-0.39, 0.29) is 30.5 Å². The number of rotatable bonds is 10. The molecule has 5 nitrogen and oxygen atoms in total. The molecule has 1 saturated carbocycles. The summed E-state index contributed by atoms with van der Waals surface area (Å²) in [4.78, 5) is 30.2. The molecule has 0 aliphatic heterocycles. The van der Waals surface area contributed by atoms with Crippen molar-refractivity contribution in [3.8, 4) is 11.1 Å². The third-order valence-corrected chi connectivity index (χ3v) is 7.12. The minimum atomic E-state index is -1.28. The number of carbonyl (C=O) groups is 2. The summed E-state index contributed by atoms with van der Waals surface area (Å²) in [7, 11) is 0. The first-order chi connectivity index (χ1) is 18.9. The second-order valence-corrected chi connectivity index (χ2v) is 10.1. The smallest absolute Gasteiger partial charge is 0.249 e. The maximum absolute atomic E-state index is 13.7. The van der Waals surface area contributed by atoms with Gasteiger partial charge in [0.2, 0.25) is 5.91 Å². The summed E-state index contributed by atoms with van der Waals surface area (Å²) in [5.41, 5.74) is 5.35. The van der Waals surface area contributed by atoms with Gasteiger partial charge in [0.25, 0.3) is 0 Å². The van der Waals surface area contributed by atoms with E-state index in [1.807, 2.05) is 61.5 Å². The van der Waals surface area contributed by atoms with E-state index >= 15 is 0 Å². The molecule has 1 aliphatic carbocycles. The SMILES string of the molecule is C[C@H](NC(=O)[C@H](O)CCC(=O)C=Cc1c(C2CC2)nc2ccccc2c1-c1ccc(F)cc1)c1ccccc1. The molecule has 198 valence electrons. The number of nitrogens with zero attached hydrogens (tertiary/aromatic N) is 1. The Hall–Kier alpha value is -4.16. The molecule has 1 aliphatic rings. The van der Waals surface area contributed by atoms with E-state index in [9.17, 15) is 19.1 Å². The number of nitrogens with one attached hydrogen (secondary N) is 1. The number of benzene rings is 3. The molecule has 39 heavy (non-hydrogen) atoms. The summed E-state index contributed by atoms with van der Waals surface area (Å²) in [6.07, 6.45) is 4.12. The lowest BCUT2D eigenvalue weighted by Crippen LogP contribution is -2.36. The third kappa shape index (κ3) is 6.29. The Kier molecular flexibility index (Phi) is 7.94. The van der Waals surface area contributed by atoms with Crippen LogP contribution in [0.2, 0.25) is 0 Å². The normalized spacial score (nSPS) is 14.8. The highest BCUT2D eigenvalue weighted by Gasteiger charge is 2.29. The molecule has 2 N–H and O–H groups in total. The lowest BCUT2D eigenvalue weighted by atomic mass is 9.92. The fourth-order valence-corrected chi connectivity index (χ4v) is 4.81. The fourth-order valence-electron chi connectivity index (χ4n) is 4.81. The van der Waals surface area contributed by atoms with E-state index in [0.29, 0.717) is 5.92 Å². The van der Waals surface area contributed by atoms with Gasteiger partial charge in [0.1, 0.15) is 11.9 Å². The predicted molar refractivity (Wildman–Crippen MR) is 151 cm³/mol. The highest BCUT2D eigenvalue weighted by Crippen LogP contribution is 2.45. The van der Waals surface area contributed by atoms with Gasteiger partial charge in [0.05, 0.1) is 17.3 Å². The van der Waals surface area contributed by atoms with Crippen LogP contribution in [-0.2, 0) is 9.59 Å². The van der Waals surface area contributed by atoms with Crippen molar-refractivity contribution in [2.45, 2.75) is 50.7 Å². The number of halogens is 1. The zero-order valence-corrected chi connectivity index (χ0v) is 21.8. The van der Waals surface area contributed by atoms with Gasteiger partial charge in [-0.3, -0.25) is 14.6 Å². The molecule has 3 aromatic carbocycles. The number of aliphatic hydroxyl groups is 1. The number of carbonyl (C=O) groups excluding carboxylic acids is 2. The number of amides is 1. The summed E-state index contributed by atoms with van der Waals surface area (Å²) in [6, 6.07) is 23.5. The Morgan fingerprint density at radius 2 is 1.72 bits per heavy atom. The van der Waals surface area contributed by atoms with Crippen molar-refractivity contribution in [2.75, 3.05) is 0 Å². The lowest BCUT2D eigenvalue weighted by Gasteiger charge is -2.17. The molecule has 1 amide bonds. The Morgan fingerprint density at radius 3 is 2.44 bits per heavy atom. The molecule has 1 fully saturated rings. The van der Waals surface area contributed by atoms with Crippen LogP contribution >= 0.6 is 0 Å². The van der Waals surface area contributed by atoms with Crippen molar-refractivity contribution in [3.63, 3.8) is 0 Å². The quantitative estimate of drug-likeness (QED) is 0.233. The third-order valence-electron chi connectivity index (χ3n) is 7.12. The minimum absolute atomic E-state index is 0.0206. The zero-order chi connectivity index (χ0) is 27.4. The van der Waals surface area contributed by atoms with Crippen molar-refractivity contribution in [2.24, 2.45) is 0 Å². The van der Waals surface area contributed by atoms with Gasteiger partial charge in [-0.25, -0.2) is 4.39 Å². The first-order valence-electron chi connectivity index (χ1n) is 13.3. The van der Waals surface area contributed by atoms with Crippen LogP contribution in [0.3, 0.4) is 0 Å². The average molecular weight is 523 g/mol. The minimum Gasteiger partial charge on any atom is -0.383 e. The molecule has 0 saturated heterocycles. The van der Waals surface area contributed by atoms with Gasteiger partial charge in [-0.15, -0.1) is 0 Å². The summed E-state index contributed by atoms with van der Waals surface area (Å²) in [5.74, 6) is -0.692. The molecule has 5 rings (SSSR count). The molecule has 0 radical (unpaired) electrons. The van der Waals surface area contributed by atoms with Crippen molar-refractivity contribution < 1.29 is 19.1 Å². The van der Waals surface area contributed by atoms with Gasteiger partial charge in [-0.05, 0) is 67.7 Å². The molecule has 1 heterocycles. The first kappa shape index (κ1) is 26.4. The molecule has 2 atom stereocenters. The van der Waals surface area contributed by atoms with Crippen LogP contribution in [-0.4, -0.2) is 27.9 Å². The number of fused-ring (bicyclic) bond motifs is 1. The number of allylic oxidation sites excluding steroid dienone is 1. The number of pyridine rings is 1. The molecule has 1 aromatic heterocycles. The number of hydrogen-bond acceptors (Lipinski definition) is 4. The fraction of sp³-hybridized carbons (Fsp3) is 0.242. The topological polar surface area (TPSA) is 79.3 Å². The number of ketones is 1. The van der Waals surface area contributed by atoms with Gasteiger partial charge in [0, 0.05) is 28.9 Å². The van der Waals surface area contributed by atoms with Crippen molar-refractivity contribution >= 4 is 28.7 Å². The van der Waals surface area contributed by atoms with Crippen molar-refractivity contribution in [1.82, 2.24) is 10.3 Å². The number of para-hydroxylation sites is 1. The van der Waals surface area contributed by atoms with Gasteiger partial charge < -0.3 is 10.4 Å². The lowest BCUT2D eigenvalue weighted by molar-refractivity contribution is -0.130. The van der Waals surface area contributed by atoms with Crippen LogP contribution in [0.15, 0.2) is 84.9 Å². The summed E-state index contributed by atoms with van der Waals surface area (Å²) >= 11 is 0. The van der Waals surface area contributed by atoms with E-state index in [0.717, 1.165) is 51.7 Å². The highest BCUT2D eigenvalue weighted by atomic mass is 19.1. The predicted octanol–water partition coefficient (Wildman–Crippen LogP) is 6.52. The highest BCUT2D eigenvalue weighted by molar-refractivity contribution is 6.02. The molecule has 0 spiro atoms. The molecule has 0 unspecified atom stereocenters. The monoisotopic (exact) mass is 522 g/mol. The van der Waals surface area contributed by atoms with E-state index in [1.54, 1.807) is 18.2 Å². The van der Waals surface area contributed by atoms with Gasteiger partial charge in [0.15, 0.2) is 5.78 Å². The summed E-state index contributed by atoms with van der Waals surface area (Å²) in [6.45, 7) is 1.85. The van der Waals surface area contributed by atoms with Crippen molar-refractivity contribution in [3.05, 3.63) is 108 Å². The second-order valence-electron chi connectivity index (χ2n) is 10.1. The zero-order valence-electron chi connectivity index (χ0n) is 21.8. The Labute approximate surface area is 227 Å². The second kappa shape index (κ2) is 11.7. The van der Waals surface area contributed by atoms with E-state index in [1.165, 1.54) is 18.2 Å². The molecular formula is C33H31FN2O3. The largest absolute Gasteiger partial charge is 0.383 e. The van der Waals surface area contributed by atoms with Crippen molar-refractivity contribution in [1.29, 1.82) is 0 Å². The van der Waals surface area contributed by atoms with E-state index < -0.39 is 12.0 Å². The number of hydrogen-bond donors (Lipinski definition) is 2.